The summed E-state index contributed by atoms with van der Waals surface area (Å²) >= 11 is 0. The predicted octanol–water partition coefficient (Wildman–Crippen LogP) is 4.30. The minimum atomic E-state index is -1.06. The van der Waals surface area contributed by atoms with Crippen molar-refractivity contribution in [2.45, 2.75) is 47.0 Å². The van der Waals surface area contributed by atoms with E-state index in [-0.39, 0.29) is 34.1 Å². The van der Waals surface area contributed by atoms with Gasteiger partial charge in [-0.3, -0.25) is 29.4 Å². The standard InChI is InChI=1S/C25H20N4O6.C12H16N4O2/c1-14-20(22(30)28(26-14)18-10-6-16(7-11-18)24(32)33)4-3-5-21-15(2)27-29(23(21)31)19-12-8-17(9-13-19)25(34)35;1-3-4-5-10-9(12(18)16-14-10)6-8-7(2)13-15-11(8)17/h3-13,26H,1-2H3,(H,32,33)(H,34,35);6H,3-5H2,1-2H3,(H,16,18)(H2,13,15,17)/b4-3+,21-5?;. The number of nitrogens with zero attached hydrogens (tertiary/aromatic N) is 4. The number of benzene rings is 2. The van der Waals surface area contributed by atoms with E-state index >= 15 is 0 Å². The Hall–Kier alpha value is -7.10. The van der Waals surface area contributed by atoms with Crippen LogP contribution in [0.25, 0.3) is 17.8 Å². The van der Waals surface area contributed by atoms with Crippen molar-refractivity contribution >= 4 is 53.0 Å². The molecular formula is C37H36N8O8. The first-order valence-corrected chi connectivity index (χ1v) is 16.4. The lowest BCUT2D eigenvalue weighted by Crippen LogP contribution is -2.21. The van der Waals surface area contributed by atoms with Gasteiger partial charge in [-0.15, -0.1) is 0 Å². The van der Waals surface area contributed by atoms with E-state index in [2.05, 4.69) is 37.8 Å². The quantitative estimate of drug-likeness (QED) is 0.129. The molecule has 2 aliphatic heterocycles. The van der Waals surface area contributed by atoms with Gasteiger partial charge in [0.2, 0.25) is 0 Å². The summed E-state index contributed by atoms with van der Waals surface area (Å²) in [7, 11) is 0. The number of aryl methyl sites for hydroxylation is 2. The highest BCUT2D eigenvalue weighted by Gasteiger charge is 2.28. The fourth-order valence-corrected chi connectivity index (χ4v) is 5.39. The number of unbranched alkanes of at least 4 members (excludes halogenated alkanes) is 1. The lowest BCUT2D eigenvalue weighted by molar-refractivity contribution is -0.116. The maximum atomic E-state index is 12.9. The molecule has 2 amide bonds. The number of carbonyl (C=O) groups excluding carboxylic acids is 2. The molecule has 0 saturated carbocycles. The molecule has 0 radical (unpaired) electrons. The highest BCUT2D eigenvalue weighted by atomic mass is 16.4. The Morgan fingerprint density at radius 1 is 0.811 bits per heavy atom. The topological polar surface area (TPSA) is 235 Å². The number of aromatic nitrogens is 4. The number of aromatic carboxylic acids is 2. The number of rotatable bonds is 10. The van der Waals surface area contributed by atoms with Crippen LogP contribution >= 0.6 is 0 Å². The molecule has 2 aromatic carbocycles. The summed E-state index contributed by atoms with van der Waals surface area (Å²) in [6.45, 7) is 7.26. The van der Waals surface area contributed by atoms with Crippen molar-refractivity contribution < 1.29 is 29.4 Å². The Balaban J connectivity index is 0.000000252. The van der Waals surface area contributed by atoms with E-state index in [0.717, 1.165) is 25.0 Å². The molecule has 2 aromatic heterocycles. The number of carboxylic acid groups (broad SMARTS) is 2. The number of allylic oxidation sites excluding steroid dienone is 2. The van der Waals surface area contributed by atoms with Crippen molar-refractivity contribution in [3.05, 3.63) is 126 Å². The monoisotopic (exact) mass is 720 g/mol. The molecule has 0 aliphatic carbocycles. The molecule has 6 N–H and O–H groups in total. The lowest BCUT2D eigenvalue weighted by atomic mass is 10.0. The first-order valence-electron chi connectivity index (χ1n) is 16.4. The Labute approximate surface area is 301 Å². The number of H-pyrrole nitrogens is 3. The van der Waals surface area contributed by atoms with Gasteiger partial charge in [-0.05, 0) is 100 Å². The number of hydrogen-bond acceptors (Lipinski definition) is 8. The Morgan fingerprint density at radius 3 is 2.00 bits per heavy atom. The Bertz CT molecular complexity index is 2370. The van der Waals surface area contributed by atoms with Crippen LogP contribution in [0.5, 0.6) is 0 Å². The number of hydrazone groups is 2. The Morgan fingerprint density at radius 2 is 1.43 bits per heavy atom. The normalized spacial score (nSPS) is 15.5. The molecule has 0 atom stereocenters. The zero-order valence-corrected chi connectivity index (χ0v) is 29.2. The fraction of sp³-hybridized carbons (Fsp3) is 0.189. The van der Waals surface area contributed by atoms with Crippen molar-refractivity contribution in [2.24, 2.45) is 10.2 Å². The van der Waals surface area contributed by atoms with Gasteiger partial charge in [0.1, 0.15) is 0 Å². The van der Waals surface area contributed by atoms with Gasteiger partial charge in [0.25, 0.3) is 22.9 Å². The third-order valence-electron chi connectivity index (χ3n) is 8.35. The van der Waals surface area contributed by atoms with Crippen LogP contribution in [0, 0.1) is 13.8 Å². The molecule has 16 heteroatoms. The van der Waals surface area contributed by atoms with Crippen molar-refractivity contribution in [2.75, 3.05) is 5.01 Å². The van der Waals surface area contributed by atoms with E-state index in [1.807, 2.05) is 0 Å². The summed E-state index contributed by atoms with van der Waals surface area (Å²) in [4.78, 5) is 71.0. The first-order chi connectivity index (χ1) is 25.3. The highest BCUT2D eigenvalue weighted by Crippen LogP contribution is 2.24. The summed E-state index contributed by atoms with van der Waals surface area (Å²) in [5.74, 6) is -2.75. The largest absolute Gasteiger partial charge is 0.478 e. The van der Waals surface area contributed by atoms with Gasteiger partial charge in [-0.1, -0.05) is 19.4 Å². The van der Waals surface area contributed by atoms with Crippen molar-refractivity contribution in [1.82, 2.24) is 25.4 Å². The summed E-state index contributed by atoms with van der Waals surface area (Å²) in [5, 5.41) is 35.7. The highest BCUT2D eigenvalue weighted by molar-refractivity contribution is 6.30. The molecule has 4 aromatic rings. The van der Waals surface area contributed by atoms with Crippen LogP contribution in [0.3, 0.4) is 0 Å². The number of hydrogen-bond donors (Lipinski definition) is 6. The average Bonchev–Trinajstić information content (AvgIpc) is 3.84. The van der Waals surface area contributed by atoms with Gasteiger partial charge in [-0.25, -0.2) is 19.7 Å². The maximum Gasteiger partial charge on any atom is 0.335 e. The second-order valence-corrected chi connectivity index (χ2v) is 12.0. The van der Waals surface area contributed by atoms with Crippen LogP contribution in [0.15, 0.2) is 91.6 Å². The number of nitrogens with one attached hydrogen (secondary N) is 4. The second kappa shape index (κ2) is 15.8. The van der Waals surface area contributed by atoms with E-state index in [9.17, 15) is 28.8 Å². The second-order valence-electron chi connectivity index (χ2n) is 12.0. The Kier molecular flexibility index (Phi) is 11.1. The van der Waals surface area contributed by atoms with E-state index in [0.29, 0.717) is 50.7 Å². The van der Waals surface area contributed by atoms with Crippen LogP contribution in [-0.2, 0) is 9.59 Å². The fourth-order valence-electron chi connectivity index (χ4n) is 5.39. The van der Waals surface area contributed by atoms with Gasteiger partial charge in [0.05, 0.1) is 56.2 Å². The summed E-state index contributed by atoms with van der Waals surface area (Å²) in [5.41, 5.74) is 7.19. The lowest BCUT2D eigenvalue weighted by Gasteiger charge is -2.11. The molecule has 272 valence electrons. The van der Waals surface area contributed by atoms with E-state index in [1.54, 1.807) is 45.1 Å². The van der Waals surface area contributed by atoms with Crippen molar-refractivity contribution in [3.63, 3.8) is 0 Å². The summed E-state index contributed by atoms with van der Waals surface area (Å²) in [6.07, 6.45) is 9.05. The average molecular weight is 721 g/mol. The van der Waals surface area contributed by atoms with Crippen LogP contribution < -0.4 is 21.6 Å². The number of aromatic amines is 3. The third-order valence-corrected chi connectivity index (χ3v) is 8.35. The summed E-state index contributed by atoms with van der Waals surface area (Å²) < 4.78 is 1.31. The van der Waals surface area contributed by atoms with Gasteiger partial charge >= 0.3 is 11.9 Å². The van der Waals surface area contributed by atoms with Crippen molar-refractivity contribution in [1.29, 1.82) is 0 Å². The number of carboxylic acids is 2. The van der Waals surface area contributed by atoms with E-state index in [4.69, 9.17) is 10.2 Å². The maximum absolute atomic E-state index is 12.9. The number of carbonyl (C=O) groups is 4. The molecule has 53 heavy (non-hydrogen) atoms. The molecular weight excluding hydrogens is 684 g/mol. The molecule has 0 saturated heterocycles. The molecule has 16 nitrogen and oxygen atoms in total. The minimum Gasteiger partial charge on any atom is -0.478 e. The molecule has 0 bridgehead atoms. The van der Waals surface area contributed by atoms with E-state index in [1.165, 1.54) is 58.2 Å². The molecule has 6 rings (SSSR count). The van der Waals surface area contributed by atoms with E-state index < -0.39 is 11.9 Å². The van der Waals surface area contributed by atoms with Crippen LogP contribution in [-0.4, -0.2) is 65.4 Å². The molecule has 2 aliphatic rings. The smallest absolute Gasteiger partial charge is 0.335 e. The molecule has 0 unspecified atom stereocenters. The number of anilines is 1. The van der Waals surface area contributed by atoms with Gasteiger partial charge in [-0.2, -0.15) is 15.2 Å². The summed E-state index contributed by atoms with van der Waals surface area (Å²) in [6, 6.07) is 11.7. The predicted molar refractivity (Wildman–Crippen MR) is 198 cm³/mol. The van der Waals surface area contributed by atoms with Gasteiger partial charge in [0, 0.05) is 11.4 Å². The van der Waals surface area contributed by atoms with Gasteiger partial charge < -0.3 is 15.3 Å². The van der Waals surface area contributed by atoms with Crippen LogP contribution in [0.1, 0.15) is 76.3 Å². The first kappa shape index (κ1) is 37.2. The van der Waals surface area contributed by atoms with Crippen LogP contribution in [0.2, 0.25) is 0 Å². The SMILES string of the molecule is CC1=NN(c2ccc(C(=O)O)cc2)C(=O)C1=C/C=C/c1c(C)[nH]n(-c2ccc(C(=O)O)cc2)c1=O.CCCCC1=NNC(=O)C1=Cc1c(C)[nH][nH]c1=O. The minimum absolute atomic E-state index is 0.102. The van der Waals surface area contributed by atoms with Gasteiger partial charge in [0.15, 0.2) is 0 Å². The zero-order valence-electron chi connectivity index (χ0n) is 29.2. The third kappa shape index (κ3) is 8.12. The molecule has 4 heterocycles. The molecule has 0 spiro atoms. The number of amides is 2. The molecule has 0 fully saturated rings. The van der Waals surface area contributed by atoms with Crippen molar-refractivity contribution in [3.8, 4) is 5.69 Å². The van der Waals surface area contributed by atoms with Crippen LogP contribution in [0.4, 0.5) is 5.69 Å². The zero-order chi connectivity index (χ0) is 38.4.